The Kier molecular flexibility index (Phi) is 3.82. The summed E-state index contributed by atoms with van der Waals surface area (Å²) in [5.41, 5.74) is -0.361. The molecule has 0 aliphatic heterocycles. The fourth-order valence-corrected chi connectivity index (χ4v) is 1.22. The lowest BCUT2D eigenvalue weighted by Crippen LogP contribution is -2.18. The molecule has 1 aromatic rings. The van der Waals surface area contributed by atoms with Crippen molar-refractivity contribution >= 4 is 16.8 Å². The van der Waals surface area contributed by atoms with Gasteiger partial charge >= 0.3 is 6.36 Å². The van der Waals surface area contributed by atoms with Crippen molar-refractivity contribution in [2.75, 3.05) is 7.11 Å². The van der Waals surface area contributed by atoms with E-state index in [1.807, 2.05) is 0 Å². The molecule has 17 heavy (non-hydrogen) atoms. The third-order valence-electron chi connectivity index (χ3n) is 1.76. The molecule has 0 saturated heterocycles. The molecule has 1 rings (SSSR count). The molecule has 0 unspecified atom stereocenters. The smallest absolute Gasteiger partial charge is 0.480 e. The van der Waals surface area contributed by atoms with Crippen LogP contribution in [0.25, 0.3) is 0 Å². The van der Waals surface area contributed by atoms with E-state index in [-0.39, 0.29) is 17.1 Å². The van der Waals surface area contributed by atoms with Gasteiger partial charge in [-0.25, -0.2) is 4.98 Å². The van der Waals surface area contributed by atoms with Crippen LogP contribution in [0.1, 0.15) is 16.1 Å². The predicted molar refractivity (Wildman–Crippen MR) is 52.4 cm³/mol. The van der Waals surface area contributed by atoms with Crippen LogP contribution in [0.5, 0.6) is 11.6 Å². The normalized spacial score (nSPS) is 11.2. The Morgan fingerprint density at radius 1 is 1.47 bits per heavy atom. The molecule has 0 radical (unpaired) electrons. The first-order chi connectivity index (χ1) is 7.74. The Morgan fingerprint density at radius 2 is 2.06 bits per heavy atom. The van der Waals surface area contributed by atoms with Crippen LogP contribution in [-0.2, 0) is 0 Å². The van der Waals surface area contributed by atoms with Gasteiger partial charge in [-0.3, -0.25) is 4.79 Å². The average molecular weight is 270 g/mol. The topological polar surface area (TPSA) is 48.4 Å². The molecule has 0 fully saturated rings. The number of halogens is 4. The van der Waals surface area contributed by atoms with E-state index in [2.05, 4.69) is 9.72 Å². The Morgan fingerprint density at radius 3 is 2.47 bits per heavy atom. The molecule has 0 amide bonds. The molecule has 1 heterocycles. The minimum absolute atomic E-state index is 0.0687. The molecule has 0 aliphatic carbocycles. The lowest BCUT2D eigenvalue weighted by atomic mass is 10.2. The Hall–Kier alpha value is -1.50. The Balaban J connectivity index is 3.25. The largest absolute Gasteiger partial charge is 0.573 e. The summed E-state index contributed by atoms with van der Waals surface area (Å²) >= 11 is 5.19. The fourth-order valence-electron chi connectivity index (χ4n) is 1.09. The zero-order valence-corrected chi connectivity index (χ0v) is 9.52. The molecule has 0 bridgehead atoms. The molecule has 1 aromatic heterocycles. The summed E-state index contributed by atoms with van der Waals surface area (Å²) in [6, 6.07) is 0.837. The number of aromatic nitrogens is 1. The van der Waals surface area contributed by atoms with Gasteiger partial charge in [0.15, 0.2) is 5.75 Å². The van der Waals surface area contributed by atoms with Gasteiger partial charge in [-0.05, 0) is 24.6 Å². The van der Waals surface area contributed by atoms with Gasteiger partial charge in [0.05, 0.1) is 18.4 Å². The van der Waals surface area contributed by atoms with Crippen molar-refractivity contribution in [3.8, 4) is 11.6 Å². The second-order valence-electron chi connectivity index (χ2n) is 2.95. The molecular formula is C9H7ClF3NO3. The summed E-state index contributed by atoms with van der Waals surface area (Å²) in [7, 11) is 1.22. The lowest BCUT2D eigenvalue weighted by molar-refractivity contribution is -0.275. The third-order valence-corrected chi connectivity index (χ3v) is 1.97. The van der Waals surface area contributed by atoms with Gasteiger partial charge in [-0.2, -0.15) is 0 Å². The highest BCUT2D eigenvalue weighted by atomic mass is 35.5. The molecule has 0 atom stereocenters. The van der Waals surface area contributed by atoms with Gasteiger partial charge in [0.2, 0.25) is 5.88 Å². The summed E-state index contributed by atoms with van der Waals surface area (Å²) < 4.78 is 44.5. The number of carbonyl (C=O) groups excluding carboxylic acids is 1. The standard InChI is InChI=1S/C9H7ClF3NO3/c1-4-6(17-9(11,12)13)3-5(7(10)15)8(14-4)16-2/h3H,1-2H3. The van der Waals surface area contributed by atoms with Crippen LogP contribution in [0, 0.1) is 6.92 Å². The van der Waals surface area contributed by atoms with Crippen LogP contribution in [0.4, 0.5) is 13.2 Å². The Labute approximate surface area is 99.3 Å². The summed E-state index contributed by atoms with van der Waals surface area (Å²) in [4.78, 5) is 14.6. The van der Waals surface area contributed by atoms with Gasteiger partial charge < -0.3 is 9.47 Å². The van der Waals surface area contributed by atoms with E-state index in [4.69, 9.17) is 16.3 Å². The van der Waals surface area contributed by atoms with Crippen molar-refractivity contribution < 1.29 is 27.4 Å². The average Bonchev–Trinajstić information content (AvgIpc) is 2.18. The molecule has 0 spiro atoms. The molecule has 0 N–H and O–H groups in total. The molecule has 94 valence electrons. The first kappa shape index (κ1) is 13.6. The highest BCUT2D eigenvalue weighted by molar-refractivity contribution is 6.68. The van der Waals surface area contributed by atoms with E-state index in [0.29, 0.717) is 0 Å². The molecule has 0 aromatic carbocycles. The van der Waals surface area contributed by atoms with Crippen molar-refractivity contribution in [2.45, 2.75) is 13.3 Å². The van der Waals surface area contributed by atoms with Gasteiger partial charge in [-0.15, -0.1) is 13.2 Å². The minimum atomic E-state index is -4.87. The maximum Gasteiger partial charge on any atom is 0.573 e. The van der Waals surface area contributed by atoms with Gasteiger partial charge in [0.25, 0.3) is 5.24 Å². The van der Waals surface area contributed by atoms with Gasteiger partial charge in [0, 0.05) is 0 Å². The molecular weight excluding hydrogens is 263 g/mol. The van der Waals surface area contributed by atoms with Crippen LogP contribution in [0.15, 0.2) is 6.07 Å². The second kappa shape index (κ2) is 4.79. The number of nitrogens with zero attached hydrogens (tertiary/aromatic N) is 1. The van der Waals surface area contributed by atoms with E-state index < -0.39 is 17.4 Å². The number of pyridine rings is 1. The number of alkyl halides is 3. The highest BCUT2D eigenvalue weighted by Gasteiger charge is 2.32. The van der Waals surface area contributed by atoms with Crippen LogP contribution in [0.2, 0.25) is 0 Å². The number of ether oxygens (including phenoxy) is 2. The van der Waals surface area contributed by atoms with Crippen molar-refractivity contribution in [3.63, 3.8) is 0 Å². The first-order valence-electron chi connectivity index (χ1n) is 4.26. The maximum atomic E-state index is 12.0. The second-order valence-corrected chi connectivity index (χ2v) is 3.29. The molecule has 8 heteroatoms. The van der Waals surface area contributed by atoms with Crippen molar-refractivity contribution in [3.05, 3.63) is 17.3 Å². The zero-order chi connectivity index (χ0) is 13.2. The predicted octanol–water partition coefficient (Wildman–Crippen LogP) is 2.68. The van der Waals surface area contributed by atoms with Gasteiger partial charge in [0.1, 0.15) is 0 Å². The monoisotopic (exact) mass is 269 g/mol. The number of rotatable bonds is 3. The summed E-state index contributed by atoms with van der Waals surface area (Å²) in [5, 5.41) is -0.985. The van der Waals surface area contributed by atoms with E-state index in [1.165, 1.54) is 14.0 Å². The third kappa shape index (κ3) is 3.48. The molecule has 4 nitrogen and oxygen atoms in total. The van der Waals surface area contributed by atoms with Crippen molar-refractivity contribution in [2.24, 2.45) is 0 Å². The lowest BCUT2D eigenvalue weighted by Gasteiger charge is -2.13. The number of aryl methyl sites for hydroxylation is 1. The minimum Gasteiger partial charge on any atom is -0.480 e. The van der Waals surface area contributed by atoms with Crippen LogP contribution >= 0.6 is 11.6 Å². The van der Waals surface area contributed by atoms with E-state index in [1.54, 1.807) is 0 Å². The van der Waals surface area contributed by atoms with Crippen molar-refractivity contribution in [1.82, 2.24) is 4.98 Å². The highest BCUT2D eigenvalue weighted by Crippen LogP contribution is 2.30. The van der Waals surface area contributed by atoms with Crippen LogP contribution < -0.4 is 9.47 Å². The maximum absolute atomic E-state index is 12.0. The fraction of sp³-hybridized carbons (Fsp3) is 0.333. The number of hydrogen-bond donors (Lipinski definition) is 0. The number of methoxy groups -OCH3 is 1. The quantitative estimate of drug-likeness (QED) is 0.792. The number of carbonyl (C=O) groups is 1. The zero-order valence-electron chi connectivity index (χ0n) is 8.76. The Bertz CT molecular complexity index is 448. The molecule has 0 saturated carbocycles. The van der Waals surface area contributed by atoms with E-state index >= 15 is 0 Å². The van der Waals surface area contributed by atoms with Crippen LogP contribution in [-0.4, -0.2) is 23.7 Å². The SMILES string of the molecule is COc1nc(C)c(OC(F)(F)F)cc1C(=O)Cl. The van der Waals surface area contributed by atoms with Crippen molar-refractivity contribution in [1.29, 1.82) is 0 Å². The van der Waals surface area contributed by atoms with Crippen LogP contribution in [0.3, 0.4) is 0 Å². The van der Waals surface area contributed by atoms with Gasteiger partial charge in [-0.1, -0.05) is 0 Å². The summed E-state index contributed by atoms with van der Waals surface area (Å²) in [6.45, 7) is 1.28. The van der Waals surface area contributed by atoms with E-state index in [9.17, 15) is 18.0 Å². The first-order valence-corrected chi connectivity index (χ1v) is 4.63. The number of hydrogen-bond acceptors (Lipinski definition) is 4. The van der Waals surface area contributed by atoms with E-state index in [0.717, 1.165) is 6.07 Å². The summed E-state index contributed by atoms with van der Waals surface area (Å²) in [6.07, 6.45) is -4.87. The molecule has 0 aliphatic rings. The summed E-state index contributed by atoms with van der Waals surface area (Å²) in [5.74, 6) is -0.751.